The number of rotatable bonds is 2. The van der Waals surface area contributed by atoms with Crippen LogP contribution in [0.5, 0.6) is 0 Å². The molecule has 6 heteroatoms. The minimum atomic E-state index is -0.214. The van der Waals surface area contributed by atoms with Gasteiger partial charge in [0, 0.05) is 22.9 Å². The van der Waals surface area contributed by atoms with E-state index in [0.29, 0.717) is 22.9 Å². The number of nitrogen functional groups attached to an aromatic ring is 1. The molecular weight excluding hydrogens is 260 g/mol. The summed E-state index contributed by atoms with van der Waals surface area (Å²) in [5.41, 5.74) is 6.87. The lowest BCUT2D eigenvalue weighted by atomic mass is 10.2. The molecule has 0 aliphatic carbocycles. The first-order valence-electron chi connectivity index (χ1n) is 5.09. The fourth-order valence-electron chi connectivity index (χ4n) is 1.56. The van der Waals surface area contributed by atoms with E-state index in [1.165, 1.54) is 4.90 Å². The smallest absolute Gasteiger partial charge is 0.288 e. The zero-order valence-electron chi connectivity index (χ0n) is 8.98. The number of carbonyl (C=O) groups is 2. The molecule has 0 bridgehead atoms. The maximum Gasteiger partial charge on any atom is 0.288 e. The van der Waals surface area contributed by atoms with Crippen molar-refractivity contribution in [3.8, 4) is 0 Å². The molecule has 0 spiro atoms. The molecule has 0 aromatic heterocycles. The Morgan fingerprint density at radius 2 is 2.18 bits per heavy atom. The van der Waals surface area contributed by atoms with E-state index in [-0.39, 0.29) is 17.7 Å². The Labute approximate surface area is 108 Å². The highest BCUT2D eigenvalue weighted by molar-refractivity contribution is 8.13. The first-order valence-corrected chi connectivity index (χ1v) is 6.45. The summed E-state index contributed by atoms with van der Waals surface area (Å²) in [7, 11) is 0. The average Bonchev–Trinajstić information content (AvgIpc) is 2.26. The molecule has 0 radical (unpaired) electrons. The van der Waals surface area contributed by atoms with Gasteiger partial charge in [-0.05, 0) is 17.7 Å². The molecule has 0 unspecified atom stereocenters. The van der Waals surface area contributed by atoms with E-state index in [9.17, 15) is 9.59 Å². The molecule has 4 nitrogen and oxygen atoms in total. The highest BCUT2D eigenvalue weighted by atomic mass is 35.5. The van der Waals surface area contributed by atoms with Crippen LogP contribution in [0.2, 0.25) is 5.02 Å². The number of carbonyl (C=O) groups excluding carboxylic acids is 2. The number of anilines is 1. The van der Waals surface area contributed by atoms with E-state index in [2.05, 4.69) is 0 Å². The topological polar surface area (TPSA) is 63.4 Å². The van der Waals surface area contributed by atoms with Crippen LogP contribution in [-0.2, 0) is 11.3 Å². The van der Waals surface area contributed by atoms with Gasteiger partial charge in [0.2, 0.25) is 5.91 Å². The molecule has 1 aromatic carbocycles. The molecule has 1 fully saturated rings. The van der Waals surface area contributed by atoms with Crippen molar-refractivity contribution in [1.29, 1.82) is 0 Å². The van der Waals surface area contributed by atoms with Crippen LogP contribution in [0.15, 0.2) is 18.2 Å². The van der Waals surface area contributed by atoms with Crippen molar-refractivity contribution in [2.75, 3.05) is 11.5 Å². The van der Waals surface area contributed by atoms with E-state index >= 15 is 0 Å². The molecule has 0 saturated carbocycles. The highest BCUT2D eigenvalue weighted by Gasteiger charge is 2.27. The number of thioether (sulfide) groups is 1. The van der Waals surface area contributed by atoms with Crippen molar-refractivity contribution in [2.45, 2.75) is 13.0 Å². The van der Waals surface area contributed by atoms with Crippen LogP contribution in [0.25, 0.3) is 0 Å². The summed E-state index contributed by atoms with van der Waals surface area (Å²) >= 11 is 7.16. The molecule has 1 aromatic rings. The number of imide groups is 1. The predicted octanol–water partition coefficient (Wildman–Crippen LogP) is 2.51. The van der Waals surface area contributed by atoms with Crippen LogP contribution >= 0.6 is 23.4 Å². The van der Waals surface area contributed by atoms with Crippen molar-refractivity contribution in [1.82, 2.24) is 4.90 Å². The molecule has 1 aliphatic heterocycles. The van der Waals surface area contributed by atoms with E-state index < -0.39 is 0 Å². The third kappa shape index (κ3) is 2.73. The lowest BCUT2D eigenvalue weighted by molar-refractivity contribution is -0.128. The van der Waals surface area contributed by atoms with E-state index in [1.54, 1.807) is 18.2 Å². The second-order valence-electron chi connectivity index (χ2n) is 3.70. The van der Waals surface area contributed by atoms with Gasteiger partial charge in [-0.15, -0.1) is 0 Å². The minimum absolute atomic E-state index is 0.151. The van der Waals surface area contributed by atoms with Gasteiger partial charge >= 0.3 is 0 Å². The molecule has 17 heavy (non-hydrogen) atoms. The molecule has 90 valence electrons. The second kappa shape index (κ2) is 4.98. The van der Waals surface area contributed by atoms with Gasteiger partial charge < -0.3 is 5.73 Å². The molecule has 1 aliphatic rings. The monoisotopic (exact) mass is 270 g/mol. The van der Waals surface area contributed by atoms with Crippen molar-refractivity contribution < 1.29 is 9.59 Å². The molecule has 0 atom stereocenters. The number of halogens is 1. The van der Waals surface area contributed by atoms with Crippen LogP contribution in [-0.4, -0.2) is 21.8 Å². The Morgan fingerprint density at radius 3 is 2.82 bits per heavy atom. The van der Waals surface area contributed by atoms with Gasteiger partial charge in [-0.2, -0.15) is 0 Å². The minimum Gasteiger partial charge on any atom is -0.399 e. The van der Waals surface area contributed by atoms with Gasteiger partial charge in [0.05, 0.1) is 6.54 Å². The zero-order chi connectivity index (χ0) is 12.4. The van der Waals surface area contributed by atoms with Crippen LogP contribution in [0.1, 0.15) is 12.0 Å². The van der Waals surface area contributed by atoms with Crippen LogP contribution in [0.3, 0.4) is 0 Å². The van der Waals surface area contributed by atoms with Crippen molar-refractivity contribution >= 4 is 40.2 Å². The summed E-state index contributed by atoms with van der Waals surface area (Å²) in [6.07, 6.45) is 0.392. The Bertz CT molecular complexity index is 463. The summed E-state index contributed by atoms with van der Waals surface area (Å²) in [5.74, 6) is 0.408. The maximum atomic E-state index is 11.6. The maximum absolute atomic E-state index is 11.6. The second-order valence-corrected chi connectivity index (χ2v) is 5.15. The van der Waals surface area contributed by atoms with Crippen molar-refractivity contribution in [3.63, 3.8) is 0 Å². The number of nitrogens with zero attached hydrogens (tertiary/aromatic N) is 1. The molecular formula is C11H11ClN2O2S. The van der Waals surface area contributed by atoms with E-state index in [1.807, 2.05) is 0 Å². The number of amides is 2. The van der Waals surface area contributed by atoms with E-state index in [0.717, 1.165) is 17.3 Å². The summed E-state index contributed by atoms with van der Waals surface area (Å²) in [4.78, 5) is 24.4. The van der Waals surface area contributed by atoms with Gasteiger partial charge in [-0.25, -0.2) is 0 Å². The largest absolute Gasteiger partial charge is 0.399 e. The molecule has 2 rings (SSSR count). The fourth-order valence-corrected chi connectivity index (χ4v) is 2.58. The lowest BCUT2D eigenvalue weighted by Crippen LogP contribution is -2.37. The summed E-state index contributed by atoms with van der Waals surface area (Å²) in [6.45, 7) is 0.212. The van der Waals surface area contributed by atoms with Crippen molar-refractivity contribution in [3.05, 3.63) is 28.8 Å². The molecule has 2 amide bonds. The summed E-state index contributed by atoms with van der Waals surface area (Å²) in [6, 6.07) is 5.05. The Balaban J connectivity index is 2.19. The van der Waals surface area contributed by atoms with Crippen LogP contribution in [0.4, 0.5) is 10.5 Å². The normalized spacial score (nSPS) is 16.4. The number of nitrogens with two attached hydrogens (primary N) is 1. The zero-order valence-corrected chi connectivity index (χ0v) is 10.6. The van der Waals surface area contributed by atoms with Crippen LogP contribution in [0, 0.1) is 0 Å². The van der Waals surface area contributed by atoms with Gasteiger partial charge in [0.1, 0.15) is 0 Å². The fraction of sp³-hybridized carbons (Fsp3) is 0.273. The molecule has 1 saturated heterocycles. The Kier molecular flexibility index (Phi) is 3.59. The van der Waals surface area contributed by atoms with Gasteiger partial charge in [-0.1, -0.05) is 29.4 Å². The van der Waals surface area contributed by atoms with E-state index in [4.69, 9.17) is 17.3 Å². The first-order chi connectivity index (χ1) is 8.08. The Hall–Kier alpha value is -1.20. The SMILES string of the molecule is Nc1ccc(CN2C(=O)CCSC2=O)c(Cl)c1. The van der Waals surface area contributed by atoms with Crippen LogP contribution < -0.4 is 5.73 Å². The summed E-state index contributed by atoms with van der Waals surface area (Å²) in [5, 5.41) is 0.260. The van der Waals surface area contributed by atoms with Gasteiger partial charge in [-0.3, -0.25) is 14.5 Å². The predicted molar refractivity (Wildman–Crippen MR) is 68.9 cm³/mol. The van der Waals surface area contributed by atoms with Gasteiger partial charge in [0.25, 0.3) is 5.24 Å². The quantitative estimate of drug-likeness (QED) is 0.839. The van der Waals surface area contributed by atoms with Gasteiger partial charge in [0.15, 0.2) is 0 Å². The molecule has 1 heterocycles. The van der Waals surface area contributed by atoms with Crippen molar-refractivity contribution in [2.24, 2.45) is 0 Å². The molecule has 2 N–H and O–H groups in total. The number of hydrogen-bond donors (Lipinski definition) is 1. The number of benzene rings is 1. The average molecular weight is 271 g/mol. The standard InChI is InChI=1S/C11H11ClN2O2S/c12-9-5-8(13)2-1-7(9)6-14-10(15)3-4-17-11(14)16/h1-2,5H,3-4,6,13H2. The summed E-state index contributed by atoms with van der Waals surface area (Å²) < 4.78 is 0. The Morgan fingerprint density at radius 1 is 1.41 bits per heavy atom. The lowest BCUT2D eigenvalue weighted by Gasteiger charge is -2.24. The third-order valence-corrected chi connectivity index (χ3v) is 3.70. The third-order valence-electron chi connectivity index (χ3n) is 2.47. The highest BCUT2D eigenvalue weighted by Crippen LogP contribution is 2.25. The first kappa shape index (κ1) is 12.3. The number of hydrogen-bond acceptors (Lipinski definition) is 4.